The minimum atomic E-state index is -0.207. The van der Waals surface area contributed by atoms with Gasteiger partial charge in [-0.1, -0.05) is 13.3 Å². The lowest BCUT2D eigenvalue weighted by Gasteiger charge is -2.37. The number of aromatic nitrogens is 1. The van der Waals surface area contributed by atoms with Crippen molar-refractivity contribution in [3.05, 3.63) is 27.2 Å². The Kier molecular flexibility index (Phi) is 3.88. The normalized spacial score (nSPS) is 24.5. The highest BCUT2D eigenvalue weighted by Gasteiger charge is 2.45. The first kappa shape index (κ1) is 15.7. The minimum absolute atomic E-state index is 0.207. The van der Waals surface area contributed by atoms with Crippen molar-refractivity contribution in [2.24, 2.45) is 5.41 Å². The molecule has 3 heterocycles. The van der Waals surface area contributed by atoms with Gasteiger partial charge in [-0.2, -0.15) is 5.26 Å². The Hall–Kier alpha value is -1.80. The van der Waals surface area contributed by atoms with Crippen LogP contribution in [0.15, 0.2) is 4.79 Å². The Labute approximate surface area is 143 Å². The van der Waals surface area contributed by atoms with E-state index in [4.69, 9.17) is 0 Å². The second-order valence-corrected chi connectivity index (χ2v) is 7.79. The summed E-state index contributed by atoms with van der Waals surface area (Å²) in [5, 5.41) is 13.1. The number of hydrogen-bond donors (Lipinski definition) is 2. The predicted molar refractivity (Wildman–Crippen MR) is 94.2 cm³/mol. The van der Waals surface area contributed by atoms with Crippen LogP contribution in [-0.4, -0.2) is 24.6 Å². The van der Waals surface area contributed by atoms with Gasteiger partial charge in [0, 0.05) is 43.4 Å². The van der Waals surface area contributed by atoms with Crippen molar-refractivity contribution in [2.75, 3.05) is 24.5 Å². The fraction of sp³-hybridized carbons (Fsp3) is 0.684. The summed E-state index contributed by atoms with van der Waals surface area (Å²) < 4.78 is 0. The molecule has 24 heavy (non-hydrogen) atoms. The monoisotopic (exact) mass is 326 g/mol. The van der Waals surface area contributed by atoms with Crippen LogP contribution in [0.5, 0.6) is 0 Å². The lowest BCUT2D eigenvalue weighted by Crippen LogP contribution is -2.40. The third-order valence-electron chi connectivity index (χ3n) is 6.27. The van der Waals surface area contributed by atoms with Crippen molar-refractivity contribution in [3.8, 4) is 6.07 Å². The molecule has 5 heteroatoms. The van der Waals surface area contributed by atoms with Crippen LogP contribution in [0.3, 0.4) is 0 Å². The Morgan fingerprint density at radius 3 is 2.67 bits per heavy atom. The third kappa shape index (κ3) is 2.53. The molecule has 4 rings (SSSR count). The van der Waals surface area contributed by atoms with E-state index in [1.165, 1.54) is 25.7 Å². The molecule has 2 N–H and O–H groups in total. The summed E-state index contributed by atoms with van der Waals surface area (Å²) in [6.07, 6.45) is 7.27. The fourth-order valence-electron chi connectivity index (χ4n) is 4.58. The van der Waals surface area contributed by atoms with Gasteiger partial charge in [0.15, 0.2) is 0 Å². The highest BCUT2D eigenvalue weighted by atomic mass is 16.1. The maximum Gasteiger partial charge on any atom is 0.268 e. The van der Waals surface area contributed by atoms with Crippen molar-refractivity contribution < 1.29 is 0 Å². The summed E-state index contributed by atoms with van der Waals surface area (Å²) in [7, 11) is 0. The predicted octanol–water partition coefficient (Wildman–Crippen LogP) is 2.61. The molecule has 1 aliphatic carbocycles. The molecule has 5 nitrogen and oxygen atoms in total. The van der Waals surface area contributed by atoms with Crippen LogP contribution >= 0.6 is 0 Å². The first-order valence-electron chi connectivity index (χ1n) is 9.32. The molecule has 3 aliphatic rings. The Balaban J connectivity index is 1.77. The van der Waals surface area contributed by atoms with E-state index < -0.39 is 0 Å². The molecule has 128 valence electrons. The fourth-order valence-corrected chi connectivity index (χ4v) is 4.58. The van der Waals surface area contributed by atoms with E-state index in [0.717, 1.165) is 56.0 Å². The lowest BCUT2D eigenvalue weighted by molar-refractivity contribution is 0.383. The molecular weight excluding hydrogens is 300 g/mol. The van der Waals surface area contributed by atoms with Gasteiger partial charge < -0.3 is 15.2 Å². The average molecular weight is 326 g/mol. The lowest BCUT2D eigenvalue weighted by atomic mass is 9.88. The SMILES string of the molecule is CCC[C@@H]1CNCc2c1[nH]c(=O)c(C#N)c2N1CCC2(CC1)CC2. The zero-order valence-electron chi connectivity index (χ0n) is 14.5. The topological polar surface area (TPSA) is 71.9 Å². The molecule has 1 saturated heterocycles. The standard InChI is InChI=1S/C19H26N4O/c1-2-3-13-11-21-12-15-16(13)22-18(24)14(10-20)17(15)23-8-6-19(4-5-19)7-9-23/h13,21H,2-9,11-12H2,1H3,(H,22,24)/t13-/m1/s1. The van der Waals surface area contributed by atoms with Gasteiger partial charge in [-0.05, 0) is 37.5 Å². The van der Waals surface area contributed by atoms with E-state index in [1.54, 1.807) is 0 Å². The molecule has 2 fully saturated rings. The number of anilines is 1. The summed E-state index contributed by atoms with van der Waals surface area (Å²) >= 11 is 0. The number of piperidine rings is 1. The van der Waals surface area contributed by atoms with Gasteiger partial charge in [0.25, 0.3) is 5.56 Å². The number of H-pyrrole nitrogens is 1. The smallest absolute Gasteiger partial charge is 0.268 e. The summed E-state index contributed by atoms with van der Waals surface area (Å²) in [6.45, 7) is 5.78. The summed E-state index contributed by atoms with van der Waals surface area (Å²) in [4.78, 5) is 17.9. The molecule has 0 bridgehead atoms. The van der Waals surface area contributed by atoms with Crippen molar-refractivity contribution in [2.45, 2.75) is 57.9 Å². The van der Waals surface area contributed by atoms with Gasteiger partial charge in [0.2, 0.25) is 0 Å². The van der Waals surface area contributed by atoms with E-state index in [0.29, 0.717) is 16.9 Å². The average Bonchev–Trinajstić information content (AvgIpc) is 3.35. The van der Waals surface area contributed by atoms with Crippen LogP contribution in [0.1, 0.15) is 68.2 Å². The molecule has 2 aliphatic heterocycles. The molecule has 0 radical (unpaired) electrons. The largest absolute Gasteiger partial charge is 0.370 e. The molecule has 0 unspecified atom stereocenters. The molecular formula is C19H26N4O. The number of fused-ring (bicyclic) bond motifs is 1. The van der Waals surface area contributed by atoms with Crippen LogP contribution < -0.4 is 15.8 Å². The number of rotatable bonds is 3. The quantitative estimate of drug-likeness (QED) is 0.895. The maximum atomic E-state index is 12.6. The van der Waals surface area contributed by atoms with Crippen molar-refractivity contribution in [1.82, 2.24) is 10.3 Å². The second-order valence-electron chi connectivity index (χ2n) is 7.79. The minimum Gasteiger partial charge on any atom is -0.370 e. The molecule has 0 aromatic carbocycles. The maximum absolute atomic E-state index is 12.6. The Bertz CT molecular complexity index is 731. The highest BCUT2D eigenvalue weighted by molar-refractivity contribution is 5.66. The van der Waals surface area contributed by atoms with Crippen LogP contribution in [0.2, 0.25) is 0 Å². The molecule has 0 amide bonds. The number of pyridine rings is 1. The van der Waals surface area contributed by atoms with Crippen LogP contribution in [0.4, 0.5) is 5.69 Å². The van der Waals surface area contributed by atoms with Crippen molar-refractivity contribution >= 4 is 5.69 Å². The number of nitrogens with zero attached hydrogens (tertiary/aromatic N) is 2. The van der Waals surface area contributed by atoms with E-state index in [1.807, 2.05) is 0 Å². The highest BCUT2D eigenvalue weighted by Crippen LogP contribution is 2.54. The van der Waals surface area contributed by atoms with Gasteiger partial charge >= 0.3 is 0 Å². The van der Waals surface area contributed by atoms with E-state index in [9.17, 15) is 10.1 Å². The third-order valence-corrected chi connectivity index (χ3v) is 6.27. The van der Waals surface area contributed by atoms with Gasteiger partial charge in [-0.15, -0.1) is 0 Å². The molecule has 1 saturated carbocycles. The van der Waals surface area contributed by atoms with E-state index in [-0.39, 0.29) is 5.56 Å². The first-order valence-corrected chi connectivity index (χ1v) is 9.32. The number of hydrogen-bond acceptors (Lipinski definition) is 4. The number of nitrogens with one attached hydrogen (secondary N) is 2. The van der Waals surface area contributed by atoms with E-state index >= 15 is 0 Å². The van der Waals surface area contributed by atoms with Gasteiger partial charge in [-0.3, -0.25) is 4.79 Å². The first-order chi connectivity index (χ1) is 11.7. The Morgan fingerprint density at radius 2 is 2.04 bits per heavy atom. The van der Waals surface area contributed by atoms with Gasteiger partial charge in [0.1, 0.15) is 11.6 Å². The zero-order chi connectivity index (χ0) is 16.7. The molecule has 1 atom stereocenters. The van der Waals surface area contributed by atoms with Crippen LogP contribution in [0, 0.1) is 16.7 Å². The number of aromatic amines is 1. The van der Waals surface area contributed by atoms with Crippen LogP contribution in [-0.2, 0) is 6.54 Å². The molecule has 1 aromatic heterocycles. The van der Waals surface area contributed by atoms with Crippen molar-refractivity contribution in [3.63, 3.8) is 0 Å². The second kappa shape index (κ2) is 5.93. The van der Waals surface area contributed by atoms with Crippen LogP contribution in [0.25, 0.3) is 0 Å². The zero-order valence-corrected chi connectivity index (χ0v) is 14.5. The number of nitriles is 1. The van der Waals surface area contributed by atoms with E-state index in [2.05, 4.69) is 28.2 Å². The Morgan fingerprint density at radius 1 is 1.29 bits per heavy atom. The summed E-state index contributed by atoms with van der Waals surface area (Å²) in [5.74, 6) is 0.345. The molecule has 1 spiro atoms. The van der Waals surface area contributed by atoms with Crippen molar-refractivity contribution in [1.29, 1.82) is 5.26 Å². The van der Waals surface area contributed by atoms with Gasteiger partial charge in [-0.25, -0.2) is 0 Å². The summed E-state index contributed by atoms with van der Waals surface area (Å²) in [6, 6.07) is 2.18. The summed E-state index contributed by atoms with van der Waals surface area (Å²) in [5.41, 5.74) is 3.83. The van der Waals surface area contributed by atoms with Gasteiger partial charge in [0.05, 0.1) is 5.69 Å². The molecule has 1 aromatic rings.